The van der Waals surface area contributed by atoms with Crippen molar-refractivity contribution >= 4 is 35.6 Å². The van der Waals surface area contributed by atoms with Gasteiger partial charge >= 0.3 is 6.61 Å². The summed E-state index contributed by atoms with van der Waals surface area (Å²) in [6, 6.07) is 11.0. The van der Waals surface area contributed by atoms with E-state index in [4.69, 9.17) is 4.74 Å². The molecule has 2 aromatic rings. The minimum atomic E-state index is -2.98. The number of nitro benzene ring substituents is 1. The number of hydrogen-bond acceptors (Lipinski definition) is 5. The van der Waals surface area contributed by atoms with Crippen molar-refractivity contribution in [3.8, 4) is 11.5 Å². The summed E-state index contributed by atoms with van der Waals surface area (Å²) >= 11 is 0. The maximum absolute atomic E-state index is 12.8. The fraction of sp³-hybridized carbons (Fsp3) is 0.316. The number of nitrogens with one attached hydrogen (secondary N) is 2. The van der Waals surface area contributed by atoms with Gasteiger partial charge in [0.25, 0.3) is 5.69 Å². The number of alkyl halides is 2. The average molecular weight is 536 g/mol. The molecule has 11 heteroatoms. The van der Waals surface area contributed by atoms with Crippen LogP contribution in [0.2, 0.25) is 0 Å². The van der Waals surface area contributed by atoms with Crippen LogP contribution in [-0.2, 0) is 13.1 Å². The predicted octanol–water partition coefficient (Wildman–Crippen LogP) is 4.08. The number of aliphatic imine (C=N–C) groups is 1. The van der Waals surface area contributed by atoms with Crippen LogP contribution < -0.4 is 20.1 Å². The van der Waals surface area contributed by atoms with Crippen LogP contribution in [-0.4, -0.2) is 31.1 Å². The van der Waals surface area contributed by atoms with E-state index in [1.165, 1.54) is 12.1 Å². The van der Waals surface area contributed by atoms with Crippen LogP contribution in [0.4, 0.5) is 14.5 Å². The molecule has 0 atom stereocenters. The van der Waals surface area contributed by atoms with E-state index in [9.17, 15) is 18.9 Å². The first-order valence-electron chi connectivity index (χ1n) is 8.82. The first-order valence-corrected chi connectivity index (χ1v) is 8.82. The molecule has 0 saturated carbocycles. The molecule has 0 saturated heterocycles. The van der Waals surface area contributed by atoms with Gasteiger partial charge in [-0.25, -0.2) is 0 Å². The Morgan fingerprint density at radius 2 is 1.83 bits per heavy atom. The van der Waals surface area contributed by atoms with Crippen LogP contribution in [0, 0.1) is 10.1 Å². The molecule has 0 radical (unpaired) electrons. The summed E-state index contributed by atoms with van der Waals surface area (Å²) in [6.07, 6.45) is 0. The molecule has 0 aromatic heterocycles. The molecule has 0 bridgehead atoms. The number of rotatable bonds is 9. The predicted molar refractivity (Wildman–Crippen MR) is 120 cm³/mol. The largest absolute Gasteiger partial charge is 0.490 e. The molecule has 30 heavy (non-hydrogen) atoms. The molecule has 0 fully saturated rings. The number of nitro groups is 1. The van der Waals surface area contributed by atoms with E-state index in [0.717, 1.165) is 5.56 Å². The number of ether oxygens (including phenoxy) is 2. The van der Waals surface area contributed by atoms with Crippen molar-refractivity contribution in [2.24, 2.45) is 4.99 Å². The molecule has 0 aliphatic rings. The van der Waals surface area contributed by atoms with Gasteiger partial charge in [0, 0.05) is 37.8 Å². The third-order valence-corrected chi connectivity index (χ3v) is 3.84. The van der Waals surface area contributed by atoms with Crippen LogP contribution in [0.25, 0.3) is 0 Å². The molecule has 0 spiro atoms. The molecule has 2 aromatic carbocycles. The molecule has 164 valence electrons. The summed E-state index contributed by atoms with van der Waals surface area (Å²) in [4.78, 5) is 14.3. The van der Waals surface area contributed by atoms with E-state index < -0.39 is 11.5 Å². The lowest BCUT2D eigenvalue weighted by molar-refractivity contribution is -0.384. The minimum absolute atomic E-state index is 0. The topological polar surface area (TPSA) is 98.0 Å². The van der Waals surface area contributed by atoms with Gasteiger partial charge in [-0.05, 0) is 18.6 Å². The molecule has 0 unspecified atom stereocenters. The lowest BCUT2D eigenvalue weighted by Gasteiger charge is -2.17. The molecule has 0 heterocycles. The number of benzene rings is 2. The first-order chi connectivity index (χ1) is 13.9. The van der Waals surface area contributed by atoms with Crippen LogP contribution in [0.1, 0.15) is 18.1 Å². The van der Waals surface area contributed by atoms with Gasteiger partial charge in [-0.15, -0.1) is 24.0 Å². The van der Waals surface area contributed by atoms with Crippen molar-refractivity contribution in [2.75, 3.05) is 13.7 Å². The SMILES string of the molecule is CCOc1cccc(CNC(=NC)NCc2ccc([N+](=O)[O-])cc2)c1OC(F)F.I. The molecule has 0 aliphatic heterocycles. The summed E-state index contributed by atoms with van der Waals surface area (Å²) in [6.45, 7) is -0.370. The summed E-state index contributed by atoms with van der Waals surface area (Å²) in [5.41, 5.74) is 1.31. The summed E-state index contributed by atoms with van der Waals surface area (Å²) in [5.74, 6) is 0.636. The summed E-state index contributed by atoms with van der Waals surface area (Å²) < 4.78 is 35.6. The second kappa shape index (κ2) is 12.8. The van der Waals surface area contributed by atoms with Gasteiger partial charge in [0.15, 0.2) is 17.5 Å². The Kier molecular flexibility index (Phi) is 10.8. The molecular weight excluding hydrogens is 513 g/mol. The van der Waals surface area contributed by atoms with Gasteiger partial charge < -0.3 is 20.1 Å². The molecule has 0 aliphatic carbocycles. The minimum Gasteiger partial charge on any atom is -0.490 e. The van der Waals surface area contributed by atoms with Crippen LogP contribution in [0.15, 0.2) is 47.5 Å². The fourth-order valence-electron chi connectivity index (χ4n) is 2.51. The number of para-hydroxylation sites is 1. The zero-order valence-corrected chi connectivity index (χ0v) is 18.8. The van der Waals surface area contributed by atoms with E-state index in [1.54, 1.807) is 44.3 Å². The Labute approximate surface area is 189 Å². The van der Waals surface area contributed by atoms with Gasteiger partial charge in [-0.2, -0.15) is 8.78 Å². The van der Waals surface area contributed by atoms with Gasteiger partial charge in [-0.1, -0.05) is 24.3 Å². The smallest absolute Gasteiger partial charge is 0.387 e. The van der Waals surface area contributed by atoms with Crippen molar-refractivity contribution in [1.82, 2.24) is 10.6 Å². The highest BCUT2D eigenvalue weighted by atomic mass is 127. The number of non-ortho nitro benzene ring substituents is 1. The highest BCUT2D eigenvalue weighted by Gasteiger charge is 2.16. The van der Waals surface area contributed by atoms with E-state index in [0.29, 0.717) is 24.7 Å². The second-order valence-corrected chi connectivity index (χ2v) is 5.76. The highest BCUT2D eigenvalue weighted by Crippen LogP contribution is 2.32. The Bertz CT molecular complexity index is 851. The number of guanidine groups is 1. The number of nitrogens with zero attached hydrogens (tertiary/aromatic N) is 2. The Balaban J connectivity index is 0.00000450. The zero-order valence-electron chi connectivity index (χ0n) is 16.4. The maximum atomic E-state index is 12.8. The summed E-state index contributed by atoms with van der Waals surface area (Å²) in [5, 5.41) is 16.8. The van der Waals surface area contributed by atoms with E-state index in [1.807, 2.05) is 0 Å². The number of hydrogen-bond donors (Lipinski definition) is 2. The van der Waals surface area contributed by atoms with Gasteiger partial charge in [0.2, 0.25) is 0 Å². The normalized spacial score (nSPS) is 10.9. The molecule has 2 N–H and O–H groups in total. The van der Waals surface area contributed by atoms with Crippen LogP contribution >= 0.6 is 24.0 Å². The van der Waals surface area contributed by atoms with Crippen molar-refractivity contribution in [3.05, 3.63) is 63.7 Å². The summed E-state index contributed by atoms with van der Waals surface area (Å²) in [7, 11) is 1.57. The Morgan fingerprint density at radius 1 is 1.17 bits per heavy atom. The van der Waals surface area contributed by atoms with Crippen LogP contribution in [0.3, 0.4) is 0 Å². The van der Waals surface area contributed by atoms with Gasteiger partial charge in [0.05, 0.1) is 11.5 Å². The standard InChI is InChI=1S/C19H22F2N4O4.HI/c1-3-28-16-6-4-5-14(17(16)29-18(20)21)12-24-19(22-2)23-11-13-7-9-15(10-8-13)25(26)27;/h4-10,18H,3,11-12H2,1-2H3,(H2,22,23,24);1H. The average Bonchev–Trinajstić information content (AvgIpc) is 2.70. The molecule has 2 rings (SSSR count). The monoisotopic (exact) mass is 536 g/mol. The van der Waals surface area contributed by atoms with E-state index in [2.05, 4.69) is 20.4 Å². The fourth-order valence-corrected chi connectivity index (χ4v) is 2.51. The highest BCUT2D eigenvalue weighted by molar-refractivity contribution is 14.0. The lowest BCUT2D eigenvalue weighted by atomic mass is 10.2. The van der Waals surface area contributed by atoms with Gasteiger partial charge in [-0.3, -0.25) is 15.1 Å². The quantitative estimate of drug-likeness (QED) is 0.165. The molecule has 0 amide bonds. The maximum Gasteiger partial charge on any atom is 0.387 e. The number of halogens is 3. The van der Waals surface area contributed by atoms with Crippen LogP contribution in [0.5, 0.6) is 11.5 Å². The van der Waals surface area contributed by atoms with Crippen molar-refractivity contribution in [3.63, 3.8) is 0 Å². The second-order valence-electron chi connectivity index (χ2n) is 5.76. The van der Waals surface area contributed by atoms with Crippen molar-refractivity contribution in [1.29, 1.82) is 0 Å². The first kappa shape index (κ1) is 25.3. The van der Waals surface area contributed by atoms with Gasteiger partial charge in [0.1, 0.15) is 0 Å². The third-order valence-electron chi connectivity index (χ3n) is 3.84. The lowest BCUT2D eigenvalue weighted by Crippen LogP contribution is -2.36. The third kappa shape index (κ3) is 7.61. The Hall–Kier alpha value is -2.70. The molecule has 8 nitrogen and oxygen atoms in total. The van der Waals surface area contributed by atoms with E-state index >= 15 is 0 Å². The Morgan fingerprint density at radius 3 is 2.40 bits per heavy atom. The zero-order chi connectivity index (χ0) is 21.2. The van der Waals surface area contributed by atoms with Crippen molar-refractivity contribution in [2.45, 2.75) is 26.6 Å². The van der Waals surface area contributed by atoms with E-state index in [-0.39, 0.29) is 47.7 Å². The van der Waals surface area contributed by atoms with Crippen molar-refractivity contribution < 1.29 is 23.2 Å². The molecular formula is C19H23F2IN4O4.